The summed E-state index contributed by atoms with van der Waals surface area (Å²) in [6.45, 7) is 3.15. The maximum absolute atomic E-state index is 12.1. The van der Waals surface area contributed by atoms with Crippen molar-refractivity contribution in [2.24, 2.45) is 10.2 Å². The summed E-state index contributed by atoms with van der Waals surface area (Å²) >= 11 is 0. The lowest BCUT2D eigenvalue weighted by atomic mass is 10.0. The first-order valence-corrected chi connectivity index (χ1v) is 8.20. The number of nitrogens with zero attached hydrogens (tertiary/aromatic N) is 4. The first kappa shape index (κ1) is 16.2. The van der Waals surface area contributed by atoms with Crippen LogP contribution in [-0.2, 0) is 11.3 Å². The van der Waals surface area contributed by atoms with Crippen LogP contribution in [0.1, 0.15) is 31.5 Å². The Bertz CT molecular complexity index is 808. The number of aryl methyl sites for hydroxylation is 2. The van der Waals surface area contributed by atoms with Crippen LogP contribution in [0.3, 0.4) is 0 Å². The maximum atomic E-state index is 12.1. The van der Waals surface area contributed by atoms with E-state index in [2.05, 4.69) is 31.0 Å². The third-order valence-electron chi connectivity index (χ3n) is 4.31. The average molecular weight is 323 g/mol. The minimum Gasteiger partial charge on any atom is -0.356 e. The Kier molecular flexibility index (Phi) is 4.61. The number of benzene rings is 1. The van der Waals surface area contributed by atoms with Crippen LogP contribution in [0.15, 0.2) is 34.5 Å². The summed E-state index contributed by atoms with van der Waals surface area (Å²) in [6.07, 6.45) is 7.83. The molecule has 0 bridgehead atoms. The van der Waals surface area contributed by atoms with Gasteiger partial charge in [-0.15, -0.1) is 12.3 Å². The van der Waals surface area contributed by atoms with Gasteiger partial charge in [-0.2, -0.15) is 10.2 Å². The Balaban J connectivity index is 1.46. The second kappa shape index (κ2) is 6.83. The average Bonchev–Trinajstić information content (AvgIpc) is 3.27. The molecule has 1 N–H and O–H groups in total. The van der Waals surface area contributed by atoms with Crippen LogP contribution in [0.4, 0.5) is 0 Å². The fraction of sp³-hybridized carbons (Fsp3) is 0.444. The van der Waals surface area contributed by atoms with Crippen LogP contribution in [0, 0.1) is 19.3 Å². The van der Waals surface area contributed by atoms with Crippen molar-refractivity contribution in [1.82, 2.24) is 14.9 Å². The molecule has 1 aromatic carbocycles. The number of nitrogens with one attached hydrogen (secondary N) is 1. The summed E-state index contributed by atoms with van der Waals surface area (Å²) < 4.78 is 2.08. The molecule has 0 saturated heterocycles. The number of amides is 1. The molecule has 6 nitrogen and oxygen atoms in total. The predicted molar refractivity (Wildman–Crippen MR) is 92.4 cm³/mol. The van der Waals surface area contributed by atoms with Gasteiger partial charge in [0.15, 0.2) is 5.66 Å². The molecule has 0 aliphatic carbocycles. The Morgan fingerprint density at radius 1 is 1.33 bits per heavy atom. The molecular formula is C18H21N5O. The molecule has 3 rings (SSSR count). The highest BCUT2D eigenvalue weighted by Crippen LogP contribution is 2.35. The molecule has 1 amide bonds. The molecule has 0 unspecified atom stereocenters. The summed E-state index contributed by atoms with van der Waals surface area (Å²) in [4.78, 5) is 16.6. The highest BCUT2D eigenvalue weighted by atomic mass is 16.1. The van der Waals surface area contributed by atoms with E-state index in [1.54, 1.807) is 0 Å². The summed E-state index contributed by atoms with van der Waals surface area (Å²) in [7, 11) is 0. The maximum Gasteiger partial charge on any atom is 0.221 e. The van der Waals surface area contributed by atoms with Crippen LogP contribution in [-0.4, -0.2) is 27.7 Å². The van der Waals surface area contributed by atoms with Gasteiger partial charge >= 0.3 is 0 Å². The summed E-state index contributed by atoms with van der Waals surface area (Å²) in [5.74, 6) is 3.55. The second-order valence-electron chi connectivity index (χ2n) is 6.04. The van der Waals surface area contributed by atoms with Crippen molar-refractivity contribution in [2.75, 3.05) is 6.54 Å². The number of hydrogen-bond acceptors (Lipinski definition) is 4. The number of carbonyl (C=O) groups is 1. The number of hydrogen-bond donors (Lipinski definition) is 1. The number of rotatable bonds is 8. The van der Waals surface area contributed by atoms with Gasteiger partial charge in [-0.25, -0.2) is 4.98 Å². The van der Waals surface area contributed by atoms with Gasteiger partial charge in [0.25, 0.3) is 0 Å². The molecule has 2 aromatic rings. The van der Waals surface area contributed by atoms with Crippen molar-refractivity contribution in [3.63, 3.8) is 0 Å². The van der Waals surface area contributed by atoms with Crippen LogP contribution in [0.2, 0.25) is 0 Å². The van der Waals surface area contributed by atoms with Gasteiger partial charge in [0.05, 0.1) is 11.0 Å². The molecule has 1 aliphatic heterocycles. The lowest BCUT2D eigenvalue weighted by molar-refractivity contribution is -0.121. The summed E-state index contributed by atoms with van der Waals surface area (Å²) in [5, 5.41) is 11.1. The normalized spacial score (nSPS) is 14.5. The van der Waals surface area contributed by atoms with Crippen LogP contribution >= 0.6 is 0 Å². The quantitative estimate of drug-likeness (QED) is 0.759. The van der Waals surface area contributed by atoms with Crippen molar-refractivity contribution < 1.29 is 4.79 Å². The first-order valence-electron chi connectivity index (χ1n) is 8.20. The zero-order valence-corrected chi connectivity index (χ0v) is 13.8. The number of aromatic nitrogens is 2. The van der Waals surface area contributed by atoms with E-state index in [9.17, 15) is 4.79 Å². The highest BCUT2D eigenvalue weighted by Gasteiger charge is 2.38. The van der Waals surface area contributed by atoms with Gasteiger partial charge in [0, 0.05) is 38.8 Å². The van der Waals surface area contributed by atoms with E-state index in [0.717, 1.165) is 23.3 Å². The second-order valence-corrected chi connectivity index (χ2v) is 6.04. The summed E-state index contributed by atoms with van der Waals surface area (Å²) in [6, 6.07) is 7.96. The number of fused-ring (bicyclic) bond motifs is 1. The van der Waals surface area contributed by atoms with Crippen LogP contribution in [0.5, 0.6) is 0 Å². The number of imidazole rings is 1. The molecule has 1 aliphatic rings. The lowest BCUT2D eigenvalue weighted by Crippen LogP contribution is -2.29. The van der Waals surface area contributed by atoms with E-state index in [1.807, 2.05) is 31.2 Å². The molecule has 0 fully saturated rings. The topological polar surface area (TPSA) is 71.6 Å². The van der Waals surface area contributed by atoms with Crippen molar-refractivity contribution in [3.05, 3.63) is 30.1 Å². The lowest BCUT2D eigenvalue weighted by Gasteiger charge is -2.10. The first-order chi connectivity index (χ1) is 11.6. The molecule has 0 spiro atoms. The zero-order chi connectivity index (χ0) is 17.0. The largest absolute Gasteiger partial charge is 0.356 e. The molecule has 6 heteroatoms. The van der Waals surface area contributed by atoms with Crippen molar-refractivity contribution in [3.8, 4) is 12.3 Å². The highest BCUT2D eigenvalue weighted by molar-refractivity contribution is 5.77. The van der Waals surface area contributed by atoms with Crippen molar-refractivity contribution in [1.29, 1.82) is 0 Å². The predicted octanol–water partition coefficient (Wildman–Crippen LogP) is 2.82. The third-order valence-corrected chi connectivity index (χ3v) is 4.31. The van der Waals surface area contributed by atoms with Crippen LogP contribution < -0.4 is 5.32 Å². The molecule has 24 heavy (non-hydrogen) atoms. The van der Waals surface area contributed by atoms with E-state index in [-0.39, 0.29) is 11.6 Å². The molecule has 2 heterocycles. The third kappa shape index (κ3) is 3.62. The molecule has 0 atom stereocenters. The van der Waals surface area contributed by atoms with E-state index in [1.165, 1.54) is 0 Å². The SMILES string of the molecule is C#CCCC1(CCNC(=O)CCn2c(C)nc3ccccc32)N=N1. The van der Waals surface area contributed by atoms with Crippen molar-refractivity contribution in [2.45, 2.75) is 44.8 Å². The Labute approximate surface area is 141 Å². The Morgan fingerprint density at radius 2 is 2.12 bits per heavy atom. The van der Waals surface area contributed by atoms with Crippen molar-refractivity contribution >= 4 is 16.9 Å². The van der Waals surface area contributed by atoms with Gasteiger partial charge in [-0.1, -0.05) is 12.1 Å². The van der Waals surface area contributed by atoms with Crippen LogP contribution in [0.25, 0.3) is 11.0 Å². The molecule has 0 radical (unpaired) electrons. The fourth-order valence-corrected chi connectivity index (χ4v) is 2.85. The van der Waals surface area contributed by atoms with Gasteiger partial charge in [-0.3, -0.25) is 4.79 Å². The van der Waals surface area contributed by atoms with E-state index < -0.39 is 0 Å². The molecule has 0 saturated carbocycles. The van der Waals surface area contributed by atoms with E-state index in [4.69, 9.17) is 6.42 Å². The number of carbonyl (C=O) groups excluding carboxylic acids is 1. The van der Waals surface area contributed by atoms with E-state index >= 15 is 0 Å². The fourth-order valence-electron chi connectivity index (χ4n) is 2.85. The molecular weight excluding hydrogens is 302 g/mol. The standard InChI is InChI=1S/C18H21N5O/c1-3-4-10-18(21-22-18)11-12-19-17(24)9-13-23-14(2)20-15-7-5-6-8-16(15)23/h1,5-8H,4,9-13H2,2H3,(H,19,24). The zero-order valence-electron chi connectivity index (χ0n) is 13.8. The monoisotopic (exact) mass is 323 g/mol. The van der Waals surface area contributed by atoms with E-state index in [0.29, 0.717) is 32.4 Å². The smallest absolute Gasteiger partial charge is 0.221 e. The minimum atomic E-state index is -0.337. The molecule has 1 aromatic heterocycles. The van der Waals surface area contributed by atoms with Gasteiger partial charge in [-0.05, 0) is 19.1 Å². The van der Waals surface area contributed by atoms with Gasteiger partial charge < -0.3 is 9.88 Å². The summed E-state index contributed by atoms with van der Waals surface area (Å²) in [5.41, 5.74) is 1.69. The number of terminal acetylenes is 1. The number of para-hydroxylation sites is 2. The van der Waals surface area contributed by atoms with Gasteiger partial charge in [0.2, 0.25) is 5.91 Å². The van der Waals surface area contributed by atoms with Gasteiger partial charge in [0.1, 0.15) is 5.82 Å². The minimum absolute atomic E-state index is 0.0277. The molecule has 124 valence electrons. The Hall–Kier alpha value is -2.68. The Morgan fingerprint density at radius 3 is 2.88 bits per heavy atom.